The summed E-state index contributed by atoms with van der Waals surface area (Å²) < 4.78 is 0. The molecule has 0 spiro atoms. The maximum atomic E-state index is 4.84. The first-order valence-electron chi connectivity index (χ1n) is 3.23. The van der Waals surface area contributed by atoms with Crippen molar-refractivity contribution < 1.29 is 0 Å². The molecule has 0 bridgehead atoms. The van der Waals surface area contributed by atoms with E-state index in [4.69, 9.17) is 12.2 Å². The van der Waals surface area contributed by atoms with Crippen molar-refractivity contribution in [2.45, 2.75) is 26.3 Å². The Bertz CT molecular complexity index is 124. The van der Waals surface area contributed by atoms with Gasteiger partial charge in [-0.05, 0) is 25.6 Å². The Hall–Kier alpha value is -0.640. The van der Waals surface area contributed by atoms with Crippen molar-refractivity contribution in [2.24, 2.45) is 5.10 Å². The van der Waals surface area contributed by atoms with E-state index in [9.17, 15) is 0 Å². The van der Waals surface area contributed by atoms with Gasteiger partial charge < -0.3 is 5.32 Å². The smallest absolute Gasteiger partial charge is 0.187 e. The SMILES string of the molecule is C=NNC(=S)NC(C)CC. The predicted molar refractivity (Wildman–Crippen MR) is 48.2 cm³/mol. The molecule has 0 aromatic rings. The van der Waals surface area contributed by atoms with Gasteiger partial charge in [-0.25, -0.2) is 0 Å². The maximum absolute atomic E-state index is 4.84. The summed E-state index contributed by atoms with van der Waals surface area (Å²) in [5, 5.41) is 6.97. The van der Waals surface area contributed by atoms with Gasteiger partial charge in [0, 0.05) is 12.8 Å². The Balaban J connectivity index is 3.46. The zero-order chi connectivity index (χ0) is 7.98. The molecule has 0 aliphatic carbocycles. The van der Waals surface area contributed by atoms with Crippen molar-refractivity contribution in [3.63, 3.8) is 0 Å². The van der Waals surface area contributed by atoms with E-state index >= 15 is 0 Å². The molecule has 0 aromatic carbocycles. The molecule has 1 atom stereocenters. The molecular formula is C6H13N3S. The highest BCUT2D eigenvalue weighted by Gasteiger charge is 1.97. The van der Waals surface area contributed by atoms with Crippen LogP contribution in [-0.2, 0) is 0 Å². The number of thiocarbonyl (C=S) groups is 1. The molecule has 0 aromatic heterocycles. The van der Waals surface area contributed by atoms with Gasteiger partial charge in [-0.1, -0.05) is 6.92 Å². The minimum absolute atomic E-state index is 0.391. The van der Waals surface area contributed by atoms with Crippen LogP contribution in [-0.4, -0.2) is 17.9 Å². The summed E-state index contributed by atoms with van der Waals surface area (Å²) in [6.45, 7) is 7.38. The highest BCUT2D eigenvalue weighted by Crippen LogP contribution is 1.86. The molecule has 0 heterocycles. The number of hydrogen-bond donors (Lipinski definition) is 2. The molecule has 4 heteroatoms. The van der Waals surface area contributed by atoms with Crippen LogP contribution in [0.25, 0.3) is 0 Å². The summed E-state index contributed by atoms with van der Waals surface area (Å²) in [6, 6.07) is 0.391. The number of nitrogens with zero attached hydrogens (tertiary/aromatic N) is 1. The first-order chi connectivity index (χ1) is 4.70. The topological polar surface area (TPSA) is 36.4 Å². The van der Waals surface area contributed by atoms with Gasteiger partial charge in [-0.2, -0.15) is 5.10 Å². The van der Waals surface area contributed by atoms with Crippen LogP contribution in [0, 0.1) is 0 Å². The third-order valence-electron chi connectivity index (χ3n) is 1.17. The number of hydrogen-bond acceptors (Lipinski definition) is 2. The van der Waals surface area contributed by atoms with Crippen molar-refractivity contribution in [3.05, 3.63) is 0 Å². The summed E-state index contributed by atoms with van der Waals surface area (Å²) in [5.41, 5.74) is 2.54. The molecule has 0 radical (unpaired) electrons. The molecule has 58 valence electrons. The Kier molecular flexibility index (Phi) is 4.84. The summed E-state index contributed by atoms with van der Waals surface area (Å²) >= 11 is 4.84. The lowest BCUT2D eigenvalue weighted by molar-refractivity contribution is 0.635. The third-order valence-corrected chi connectivity index (χ3v) is 1.38. The van der Waals surface area contributed by atoms with Gasteiger partial charge in [0.2, 0.25) is 0 Å². The van der Waals surface area contributed by atoms with E-state index in [1.807, 2.05) is 0 Å². The molecule has 0 amide bonds. The van der Waals surface area contributed by atoms with Crippen LogP contribution in [0.5, 0.6) is 0 Å². The molecule has 0 aliphatic heterocycles. The maximum Gasteiger partial charge on any atom is 0.187 e. The number of rotatable bonds is 3. The molecule has 0 rings (SSSR count). The van der Waals surface area contributed by atoms with Gasteiger partial charge in [0.1, 0.15) is 0 Å². The van der Waals surface area contributed by atoms with E-state index in [0.29, 0.717) is 11.2 Å². The Labute approximate surface area is 66.9 Å². The average Bonchev–Trinajstić information content (AvgIpc) is 1.88. The Morgan fingerprint density at radius 1 is 1.80 bits per heavy atom. The summed E-state index contributed by atoms with van der Waals surface area (Å²) in [7, 11) is 0. The molecule has 3 nitrogen and oxygen atoms in total. The van der Waals surface area contributed by atoms with Gasteiger partial charge in [-0.3, -0.25) is 5.43 Å². The summed E-state index contributed by atoms with van der Waals surface area (Å²) in [5.74, 6) is 0. The molecule has 0 aliphatic rings. The van der Waals surface area contributed by atoms with Crippen LogP contribution in [0.15, 0.2) is 5.10 Å². The van der Waals surface area contributed by atoms with Crippen LogP contribution >= 0.6 is 12.2 Å². The molecule has 0 saturated carbocycles. The second-order valence-corrected chi connectivity index (χ2v) is 2.46. The monoisotopic (exact) mass is 159 g/mol. The second-order valence-electron chi connectivity index (χ2n) is 2.05. The lowest BCUT2D eigenvalue weighted by atomic mass is 10.3. The lowest BCUT2D eigenvalue weighted by Crippen LogP contribution is -2.37. The van der Waals surface area contributed by atoms with Crippen LogP contribution in [0.2, 0.25) is 0 Å². The summed E-state index contributed by atoms with van der Waals surface area (Å²) in [4.78, 5) is 0. The van der Waals surface area contributed by atoms with Gasteiger partial charge in [0.05, 0.1) is 0 Å². The molecule has 1 unspecified atom stereocenters. The van der Waals surface area contributed by atoms with E-state index in [1.54, 1.807) is 0 Å². The van der Waals surface area contributed by atoms with Gasteiger partial charge in [0.25, 0.3) is 0 Å². The fourth-order valence-electron chi connectivity index (χ4n) is 0.430. The van der Waals surface area contributed by atoms with Gasteiger partial charge >= 0.3 is 0 Å². The van der Waals surface area contributed by atoms with Crippen LogP contribution in [0.4, 0.5) is 0 Å². The van der Waals surface area contributed by atoms with E-state index in [2.05, 4.69) is 36.4 Å². The van der Waals surface area contributed by atoms with E-state index in [0.717, 1.165) is 6.42 Å². The Morgan fingerprint density at radius 2 is 2.40 bits per heavy atom. The Morgan fingerprint density at radius 3 is 2.80 bits per heavy atom. The largest absolute Gasteiger partial charge is 0.359 e. The van der Waals surface area contributed by atoms with Gasteiger partial charge in [0.15, 0.2) is 5.11 Å². The first-order valence-corrected chi connectivity index (χ1v) is 3.63. The predicted octanol–water partition coefficient (Wildman–Crippen LogP) is 0.865. The summed E-state index contributed by atoms with van der Waals surface area (Å²) in [6.07, 6.45) is 1.04. The van der Waals surface area contributed by atoms with Crippen molar-refractivity contribution in [1.82, 2.24) is 10.7 Å². The highest BCUT2D eigenvalue weighted by molar-refractivity contribution is 7.80. The lowest BCUT2D eigenvalue weighted by Gasteiger charge is -2.11. The zero-order valence-electron chi connectivity index (χ0n) is 6.35. The van der Waals surface area contributed by atoms with Crippen LogP contribution < -0.4 is 10.7 Å². The minimum Gasteiger partial charge on any atom is -0.359 e. The molecule has 2 N–H and O–H groups in total. The number of hydrazone groups is 1. The minimum atomic E-state index is 0.391. The molecule has 0 saturated heterocycles. The highest BCUT2D eigenvalue weighted by atomic mass is 32.1. The van der Waals surface area contributed by atoms with E-state index in [1.165, 1.54) is 0 Å². The normalized spacial score (nSPS) is 11.8. The standard InChI is InChI=1S/C6H13N3S/c1-4-5(2)8-6(10)9-7-3/h5H,3-4H2,1-2H3,(H2,8,9,10). The van der Waals surface area contributed by atoms with Crippen molar-refractivity contribution in [1.29, 1.82) is 0 Å². The third kappa shape index (κ3) is 4.26. The van der Waals surface area contributed by atoms with E-state index < -0.39 is 0 Å². The van der Waals surface area contributed by atoms with Crippen LogP contribution in [0.3, 0.4) is 0 Å². The van der Waals surface area contributed by atoms with Crippen LogP contribution in [0.1, 0.15) is 20.3 Å². The quantitative estimate of drug-likeness (QED) is 0.364. The average molecular weight is 159 g/mol. The molecule has 0 fully saturated rings. The molecular weight excluding hydrogens is 146 g/mol. The zero-order valence-corrected chi connectivity index (χ0v) is 7.16. The fourth-order valence-corrected chi connectivity index (χ4v) is 0.696. The van der Waals surface area contributed by atoms with E-state index in [-0.39, 0.29) is 0 Å². The van der Waals surface area contributed by atoms with Crippen molar-refractivity contribution in [2.75, 3.05) is 0 Å². The molecule has 10 heavy (non-hydrogen) atoms. The van der Waals surface area contributed by atoms with Crippen molar-refractivity contribution in [3.8, 4) is 0 Å². The van der Waals surface area contributed by atoms with Gasteiger partial charge in [-0.15, -0.1) is 0 Å². The second kappa shape index (κ2) is 5.17. The number of nitrogens with one attached hydrogen (secondary N) is 2. The fraction of sp³-hybridized carbons (Fsp3) is 0.667. The van der Waals surface area contributed by atoms with Crippen molar-refractivity contribution >= 4 is 24.0 Å². The first kappa shape index (κ1) is 9.36.